The Kier molecular flexibility index (Phi) is 7.48. The molecule has 0 aromatic rings. The highest BCUT2D eigenvalue weighted by molar-refractivity contribution is 5.85. The summed E-state index contributed by atoms with van der Waals surface area (Å²) in [5, 5.41) is 0. The third-order valence-electron chi connectivity index (χ3n) is 0. The lowest BCUT2D eigenvalue weighted by Crippen LogP contribution is -2.04. The fourth-order valence-electron chi connectivity index (χ4n) is 0. The summed E-state index contributed by atoms with van der Waals surface area (Å²) >= 11 is 0. The highest BCUT2D eigenvalue weighted by Gasteiger charge is 1.72. The van der Waals surface area contributed by atoms with Gasteiger partial charge in [0.1, 0.15) is 6.30 Å². The largest absolute Gasteiger partial charge is 0.302 e. The zero-order chi connectivity index (χ0) is 3.58. The molecule has 0 saturated heterocycles. The van der Waals surface area contributed by atoms with Crippen LogP contribution in [0.4, 0.5) is 4.39 Å². The van der Waals surface area contributed by atoms with Gasteiger partial charge in [-0.05, 0) is 6.92 Å². The summed E-state index contributed by atoms with van der Waals surface area (Å²) in [7, 11) is 0. The van der Waals surface area contributed by atoms with Crippen molar-refractivity contribution in [1.29, 1.82) is 0 Å². The number of rotatable bonds is 0. The first kappa shape index (κ1) is 8.95. The van der Waals surface area contributed by atoms with Crippen molar-refractivity contribution in [3.8, 4) is 0 Å². The topological polar surface area (TPSA) is 26.0 Å². The van der Waals surface area contributed by atoms with Crippen LogP contribution in [0.5, 0.6) is 0 Å². The maximum Gasteiger partial charge on any atom is 0.145 e. The Morgan fingerprint density at radius 1 is 1.80 bits per heavy atom. The minimum absolute atomic E-state index is 0. The third kappa shape index (κ3) is 613. The van der Waals surface area contributed by atoms with E-state index in [2.05, 4.69) is 5.73 Å². The van der Waals surface area contributed by atoms with Gasteiger partial charge in [0.05, 0.1) is 0 Å². The van der Waals surface area contributed by atoms with Crippen LogP contribution in [0.1, 0.15) is 6.92 Å². The van der Waals surface area contributed by atoms with Gasteiger partial charge in [0.2, 0.25) is 0 Å². The summed E-state index contributed by atoms with van der Waals surface area (Å²) in [5.74, 6) is 0. The van der Waals surface area contributed by atoms with Crippen LogP contribution in [0.25, 0.3) is 0 Å². The van der Waals surface area contributed by atoms with Gasteiger partial charge in [0, 0.05) is 0 Å². The minimum Gasteiger partial charge on any atom is -0.302 e. The van der Waals surface area contributed by atoms with Crippen LogP contribution in [0.15, 0.2) is 0 Å². The van der Waals surface area contributed by atoms with E-state index in [0.29, 0.717) is 0 Å². The van der Waals surface area contributed by atoms with Crippen LogP contribution >= 0.6 is 12.4 Å². The lowest BCUT2D eigenvalue weighted by atomic mass is 10.8. The van der Waals surface area contributed by atoms with Crippen molar-refractivity contribution in [3.05, 3.63) is 0 Å². The van der Waals surface area contributed by atoms with Crippen LogP contribution in [0.3, 0.4) is 0 Å². The third-order valence-corrected chi connectivity index (χ3v) is 0. The van der Waals surface area contributed by atoms with Gasteiger partial charge in [-0.2, -0.15) is 0 Å². The number of alkyl halides is 1. The molecular formula is C2H7ClFN. The Morgan fingerprint density at radius 2 is 1.80 bits per heavy atom. The normalized spacial score (nSPS) is 12.6. The van der Waals surface area contributed by atoms with Crippen molar-refractivity contribution >= 4 is 12.4 Å². The smallest absolute Gasteiger partial charge is 0.145 e. The summed E-state index contributed by atoms with van der Waals surface area (Å²) in [6.07, 6.45) is -1.17. The standard InChI is InChI=1S/C2H6FN.ClH/c1-2(3)4;/h2H,4H2,1H3;1H. The van der Waals surface area contributed by atoms with Gasteiger partial charge in [-0.25, -0.2) is 4.39 Å². The average Bonchev–Trinajstić information content (AvgIpc) is 0.811. The summed E-state index contributed by atoms with van der Waals surface area (Å²) in [6, 6.07) is 0. The maximum atomic E-state index is 10.8. The monoisotopic (exact) mass is 99.0 g/mol. The van der Waals surface area contributed by atoms with E-state index in [-0.39, 0.29) is 12.4 Å². The molecule has 0 fully saturated rings. The highest BCUT2D eigenvalue weighted by atomic mass is 35.5. The van der Waals surface area contributed by atoms with Crippen LogP contribution in [-0.2, 0) is 0 Å². The van der Waals surface area contributed by atoms with E-state index in [9.17, 15) is 4.39 Å². The molecule has 0 spiro atoms. The predicted molar refractivity (Wildman–Crippen MR) is 22.0 cm³/mol. The van der Waals surface area contributed by atoms with E-state index in [1.54, 1.807) is 0 Å². The fraction of sp³-hybridized carbons (Fsp3) is 1.00. The Morgan fingerprint density at radius 3 is 1.80 bits per heavy atom. The van der Waals surface area contributed by atoms with E-state index >= 15 is 0 Å². The molecule has 0 aliphatic rings. The highest BCUT2D eigenvalue weighted by Crippen LogP contribution is 1.65. The number of hydrogen-bond acceptors (Lipinski definition) is 1. The Balaban J connectivity index is 0. The van der Waals surface area contributed by atoms with Crippen LogP contribution in [0.2, 0.25) is 0 Å². The minimum atomic E-state index is -1.17. The van der Waals surface area contributed by atoms with Gasteiger partial charge >= 0.3 is 0 Å². The van der Waals surface area contributed by atoms with Crippen molar-refractivity contribution in [2.24, 2.45) is 5.73 Å². The van der Waals surface area contributed by atoms with Gasteiger partial charge < -0.3 is 5.73 Å². The molecule has 2 N–H and O–H groups in total. The Bertz CT molecular complexity index is 14.4. The molecule has 0 heterocycles. The first-order valence-electron chi connectivity index (χ1n) is 1.13. The number of halogens is 2. The molecule has 0 aromatic heterocycles. The van der Waals surface area contributed by atoms with Crippen LogP contribution in [-0.4, -0.2) is 6.30 Å². The van der Waals surface area contributed by atoms with Gasteiger partial charge in [-0.1, -0.05) is 0 Å². The molecule has 1 atom stereocenters. The van der Waals surface area contributed by atoms with E-state index in [1.165, 1.54) is 6.92 Å². The molecule has 1 nitrogen and oxygen atoms in total. The van der Waals surface area contributed by atoms with Crippen molar-refractivity contribution in [1.82, 2.24) is 0 Å². The SMILES string of the molecule is CC(N)F.Cl. The zero-order valence-electron chi connectivity index (χ0n) is 2.94. The van der Waals surface area contributed by atoms with Gasteiger partial charge in [-0.3, -0.25) is 0 Å². The van der Waals surface area contributed by atoms with Gasteiger partial charge in [0.25, 0.3) is 0 Å². The lowest BCUT2D eigenvalue weighted by molar-refractivity contribution is 0.374. The van der Waals surface area contributed by atoms with Crippen molar-refractivity contribution in [3.63, 3.8) is 0 Å². The molecule has 3 heteroatoms. The van der Waals surface area contributed by atoms with Crippen molar-refractivity contribution in [2.45, 2.75) is 13.2 Å². The van der Waals surface area contributed by atoms with Gasteiger partial charge in [0.15, 0.2) is 0 Å². The molecule has 0 aliphatic heterocycles. The molecular weight excluding hydrogens is 92.5 g/mol. The van der Waals surface area contributed by atoms with E-state index in [4.69, 9.17) is 0 Å². The Labute approximate surface area is 36.8 Å². The van der Waals surface area contributed by atoms with E-state index < -0.39 is 6.30 Å². The fourth-order valence-corrected chi connectivity index (χ4v) is 0. The average molecular weight is 99.5 g/mol. The number of hydrogen-bond donors (Lipinski definition) is 1. The van der Waals surface area contributed by atoms with Crippen LogP contribution in [0, 0.1) is 0 Å². The quantitative estimate of drug-likeness (QED) is 0.444. The molecule has 0 bridgehead atoms. The first-order chi connectivity index (χ1) is 1.73. The van der Waals surface area contributed by atoms with Gasteiger partial charge in [-0.15, -0.1) is 12.4 Å². The Hall–Kier alpha value is 0.180. The maximum absolute atomic E-state index is 10.8. The first-order valence-corrected chi connectivity index (χ1v) is 1.13. The van der Waals surface area contributed by atoms with E-state index in [1.807, 2.05) is 0 Å². The van der Waals surface area contributed by atoms with E-state index in [0.717, 1.165) is 0 Å². The molecule has 1 unspecified atom stereocenters. The molecule has 0 radical (unpaired) electrons. The summed E-state index contributed by atoms with van der Waals surface area (Å²) < 4.78 is 10.8. The molecule has 0 aliphatic carbocycles. The van der Waals surface area contributed by atoms with Crippen molar-refractivity contribution in [2.75, 3.05) is 0 Å². The van der Waals surface area contributed by atoms with Crippen LogP contribution < -0.4 is 5.73 Å². The number of nitrogens with two attached hydrogens (primary N) is 1. The second kappa shape index (κ2) is 4.18. The molecule has 0 saturated carbocycles. The predicted octanol–water partition coefficient (Wildman–Crippen LogP) is 0.682. The molecule has 0 rings (SSSR count). The summed E-state index contributed by atoms with van der Waals surface area (Å²) in [4.78, 5) is 0. The summed E-state index contributed by atoms with van der Waals surface area (Å²) in [5.41, 5.74) is 4.44. The second-order valence-corrected chi connectivity index (χ2v) is 0.678. The lowest BCUT2D eigenvalue weighted by Gasteiger charge is -1.76. The summed E-state index contributed by atoms with van der Waals surface area (Å²) in [6.45, 7) is 1.28. The molecule has 0 amide bonds. The zero-order valence-corrected chi connectivity index (χ0v) is 3.76. The molecule has 5 heavy (non-hydrogen) atoms. The van der Waals surface area contributed by atoms with Crippen molar-refractivity contribution < 1.29 is 4.39 Å². The molecule has 0 aromatic carbocycles. The second-order valence-electron chi connectivity index (χ2n) is 0.678. The molecule has 34 valence electrons.